The van der Waals surface area contributed by atoms with Crippen LogP contribution < -0.4 is 10.5 Å². The molecule has 0 saturated carbocycles. The molecule has 0 amide bonds. The number of carbonyl (C=O) groups is 1. The Labute approximate surface area is 91.8 Å². The fraction of sp³-hybridized carbons (Fsp3) is 0.364. The van der Waals surface area contributed by atoms with Gasteiger partial charge in [0.15, 0.2) is 0 Å². The molecule has 1 heterocycles. The van der Waals surface area contributed by atoms with Crippen molar-refractivity contribution in [3.8, 4) is 5.75 Å². The first-order valence-corrected chi connectivity index (χ1v) is 5.00. The number of nitrogens with two attached hydrogens (primary N) is 1. The summed E-state index contributed by atoms with van der Waals surface area (Å²) in [5.41, 5.74) is 6.26. The predicted octanol–water partition coefficient (Wildman–Crippen LogP) is 1.10. The van der Waals surface area contributed by atoms with Crippen LogP contribution in [0.25, 0.3) is 0 Å². The van der Waals surface area contributed by atoms with Crippen LogP contribution in [0.1, 0.15) is 17.9 Å². The van der Waals surface area contributed by atoms with Gasteiger partial charge in [0.25, 0.3) is 0 Å². The van der Waals surface area contributed by atoms with Gasteiger partial charge < -0.3 is 15.6 Å². The Morgan fingerprint density at radius 3 is 3.06 bits per heavy atom. The molecule has 0 saturated heterocycles. The second kappa shape index (κ2) is 4.09. The van der Waals surface area contributed by atoms with Gasteiger partial charge in [-0.2, -0.15) is 0 Å². The van der Waals surface area contributed by atoms with Gasteiger partial charge in [0.2, 0.25) is 0 Å². The summed E-state index contributed by atoms with van der Waals surface area (Å²) < 4.78 is 18.2. The molecule has 0 radical (unpaired) electrons. The summed E-state index contributed by atoms with van der Waals surface area (Å²) in [6.07, 6.45) is 0.534. The predicted molar refractivity (Wildman–Crippen MR) is 54.9 cm³/mol. The Morgan fingerprint density at radius 1 is 1.62 bits per heavy atom. The summed E-state index contributed by atoms with van der Waals surface area (Å²) >= 11 is 0. The molecule has 4 nitrogen and oxygen atoms in total. The van der Waals surface area contributed by atoms with Crippen LogP contribution in [0.2, 0.25) is 0 Å². The van der Waals surface area contributed by atoms with Crippen molar-refractivity contribution in [1.82, 2.24) is 0 Å². The molecule has 1 aromatic carbocycles. The average molecular weight is 225 g/mol. The minimum Gasteiger partial charge on any atom is -0.493 e. The van der Waals surface area contributed by atoms with Crippen molar-refractivity contribution in [2.45, 2.75) is 18.4 Å². The molecule has 0 aromatic heterocycles. The average Bonchev–Trinajstić information content (AvgIpc) is 2.26. The molecule has 1 aliphatic rings. The lowest BCUT2D eigenvalue weighted by Crippen LogP contribution is -2.38. The van der Waals surface area contributed by atoms with Crippen LogP contribution in [0.4, 0.5) is 4.39 Å². The standard InChI is InChI=1S/C11H12FNO3/c12-6-1-2-7-8(10(13)11(14)15)3-4-16-9(7)5-6/h1-2,5,8,10H,3-4,13H2,(H,14,15). The van der Waals surface area contributed by atoms with Gasteiger partial charge in [-0.05, 0) is 18.1 Å². The molecule has 1 aliphatic heterocycles. The Hall–Kier alpha value is -1.62. The van der Waals surface area contributed by atoms with Crippen LogP contribution in [0.3, 0.4) is 0 Å². The van der Waals surface area contributed by atoms with E-state index in [0.717, 1.165) is 0 Å². The van der Waals surface area contributed by atoms with Gasteiger partial charge in [0.05, 0.1) is 6.61 Å². The molecule has 0 aliphatic carbocycles. The van der Waals surface area contributed by atoms with E-state index in [2.05, 4.69) is 0 Å². The van der Waals surface area contributed by atoms with Crippen LogP contribution in [0, 0.1) is 5.82 Å². The van der Waals surface area contributed by atoms with Crippen LogP contribution in [-0.2, 0) is 4.79 Å². The fourth-order valence-corrected chi connectivity index (χ4v) is 1.94. The SMILES string of the molecule is NC(C(=O)O)C1CCOc2cc(F)ccc21. The molecule has 16 heavy (non-hydrogen) atoms. The second-order valence-corrected chi connectivity index (χ2v) is 3.79. The minimum atomic E-state index is -1.05. The van der Waals surface area contributed by atoms with Crippen molar-refractivity contribution < 1.29 is 19.0 Å². The Balaban J connectivity index is 2.36. The molecule has 3 N–H and O–H groups in total. The number of aliphatic carboxylic acids is 1. The molecular weight excluding hydrogens is 213 g/mol. The van der Waals surface area contributed by atoms with E-state index in [4.69, 9.17) is 15.6 Å². The van der Waals surface area contributed by atoms with Gasteiger partial charge in [-0.3, -0.25) is 4.79 Å². The number of ether oxygens (including phenoxy) is 1. The highest BCUT2D eigenvalue weighted by Crippen LogP contribution is 2.35. The zero-order valence-corrected chi connectivity index (χ0v) is 8.52. The molecule has 0 fully saturated rings. The molecule has 5 heteroatoms. The van der Waals surface area contributed by atoms with Crippen molar-refractivity contribution in [3.63, 3.8) is 0 Å². The molecule has 86 valence electrons. The number of carboxylic acids is 1. The molecule has 1 aromatic rings. The highest BCUT2D eigenvalue weighted by Gasteiger charge is 2.31. The van der Waals surface area contributed by atoms with Gasteiger partial charge in [-0.15, -0.1) is 0 Å². The van der Waals surface area contributed by atoms with Gasteiger partial charge in [-0.25, -0.2) is 4.39 Å². The first kappa shape index (κ1) is 10.9. The third-order valence-electron chi connectivity index (χ3n) is 2.78. The summed E-state index contributed by atoms with van der Waals surface area (Å²) in [6, 6.07) is 3.11. The van der Waals surface area contributed by atoms with Crippen LogP contribution in [-0.4, -0.2) is 23.7 Å². The highest BCUT2D eigenvalue weighted by molar-refractivity contribution is 5.75. The number of hydrogen-bond acceptors (Lipinski definition) is 3. The lowest BCUT2D eigenvalue weighted by atomic mass is 9.87. The Kier molecular flexibility index (Phi) is 2.78. The van der Waals surface area contributed by atoms with Crippen molar-refractivity contribution in [2.75, 3.05) is 6.61 Å². The van der Waals surface area contributed by atoms with Gasteiger partial charge in [-0.1, -0.05) is 6.07 Å². The van der Waals surface area contributed by atoms with E-state index in [1.165, 1.54) is 18.2 Å². The largest absolute Gasteiger partial charge is 0.493 e. The fourth-order valence-electron chi connectivity index (χ4n) is 1.94. The van der Waals surface area contributed by atoms with E-state index >= 15 is 0 Å². The first-order valence-electron chi connectivity index (χ1n) is 5.00. The first-order chi connectivity index (χ1) is 7.59. The van der Waals surface area contributed by atoms with Crippen molar-refractivity contribution in [1.29, 1.82) is 0 Å². The maximum Gasteiger partial charge on any atom is 0.321 e. The summed E-state index contributed by atoms with van der Waals surface area (Å²) in [4.78, 5) is 10.8. The van der Waals surface area contributed by atoms with E-state index in [9.17, 15) is 9.18 Å². The summed E-state index contributed by atoms with van der Waals surface area (Å²) in [6.45, 7) is 0.363. The van der Waals surface area contributed by atoms with E-state index < -0.39 is 17.8 Å². The molecule has 2 rings (SSSR count). The van der Waals surface area contributed by atoms with Crippen molar-refractivity contribution in [3.05, 3.63) is 29.6 Å². The number of benzene rings is 1. The topological polar surface area (TPSA) is 72.6 Å². The van der Waals surface area contributed by atoms with Crippen LogP contribution in [0.5, 0.6) is 5.75 Å². The summed E-state index contributed by atoms with van der Waals surface area (Å²) in [5, 5.41) is 8.87. The van der Waals surface area contributed by atoms with Crippen LogP contribution >= 0.6 is 0 Å². The number of hydrogen-bond donors (Lipinski definition) is 2. The maximum atomic E-state index is 13.0. The second-order valence-electron chi connectivity index (χ2n) is 3.79. The highest BCUT2D eigenvalue weighted by atomic mass is 19.1. The van der Waals surface area contributed by atoms with Crippen LogP contribution in [0.15, 0.2) is 18.2 Å². The summed E-state index contributed by atoms with van der Waals surface area (Å²) in [7, 11) is 0. The van der Waals surface area contributed by atoms with Gasteiger partial charge in [0, 0.05) is 12.0 Å². The van der Waals surface area contributed by atoms with E-state index in [1.807, 2.05) is 0 Å². The molecular formula is C11H12FNO3. The van der Waals surface area contributed by atoms with Gasteiger partial charge >= 0.3 is 5.97 Å². The zero-order valence-electron chi connectivity index (χ0n) is 8.52. The lowest BCUT2D eigenvalue weighted by molar-refractivity contribution is -0.139. The smallest absolute Gasteiger partial charge is 0.321 e. The zero-order chi connectivity index (χ0) is 11.7. The third-order valence-corrected chi connectivity index (χ3v) is 2.78. The third kappa shape index (κ3) is 1.86. The minimum absolute atomic E-state index is 0.318. The number of carboxylic acid groups (broad SMARTS) is 1. The quantitative estimate of drug-likeness (QED) is 0.790. The lowest BCUT2D eigenvalue weighted by Gasteiger charge is -2.28. The van der Waals surface area contributed by atoms with Crippen molar-refractivity contribution >= 4 is 5.97 Å². The Morgan fingerprint density at radius 2 is 2.38 bits per heavy atom. The van der Waals surface area contributed by atoms with E-state index in [-0.39, 0.29) is 5.92 Å². The molecule has 2 unspecified atom stereocenters. The van der Waals surface area contributed by atoms with Crippen molar-refractivity contribution in [2.24, 2.45) is 5.73 Å². The molecule has 0 bridgehead atoms. The maximum absolute atomic E-state index is 13.0. The molecule has 2 atom stereocenters. The van der Waals surface area contributed by atoms with E-state index in [0.29, 0.717) is 24.3 Å². The normalized spacial score (nSPS) is 20.8. The summed E-state index contributed by atoms with van der Waals surface area (Å²) in [5.74, 6) is -1.37. The monoisotopic (exact) mass is 225 g/mol. The van der Waals surface area contributed by atoms with Gasteiger partial charge in [0.1, 0.15) is 17.6 Å². The molecule has 0 spiro atoms. The number of fused-ring (bicyclic) bond motifs is 1. The Bertz CT molecular complexity index is 422. The number of halogens is 1. The van der Waals surface area contributed by atoms with E-state index in [1.54, 1.807) is 0 Å². The number of rotatable bonds is 2.